The van der Waals surface area contributed by atoms with Gasteiger partial charge < -0.3 is 9.64 Å². The Kier molecular flexibility index (Phi) is 6.94. The Morgan fingerprint density at radius 1 is 1.12 bits per heavy atom. The molecule has 1 saturated carbocycles. The third kappa shape index (κ3) is 5.71. The Hall–Kier alpha value is -1.66. The van der Waals surface area contributed by atoms with Gasteiger partial charge in [0.25, 0.3) is 0 Å². The second-order valence-electron chi connectivity index (χ2n) is 9.98. The molecule has 2 saturated heterocycles. The molecule has 1 spiro atoms. The second kappa shape index (κ2) is 9.91. The summed E-state index contributed by atoms with van der Waals surface area (Å²) in [6.45, 7) is 4.49. The topological polar surface area (TPSA) is 45.7 Å². The fraction of sp³-hybridized carbons (Fsp3) is 0.538. The second-order valence-corrected chi connectivity index (χ2v) is 10.9. The van der Waals surface area contributed by atoms with Crippen molar-refractivity contribution in [2.24, 2.45) is 11.3 Å². The van der Waals surface area contributed by atoms with Crippen LogP contribution in [-0.4, -0.2) is 53.0 Å². The zero-order valence-corrected chi connectivity index (χ0v) is 20.4. The van der Waals surface area contributed by atoms with Crippen LogP contribution in [0.1, 0.15) is 43.4 Å². The van der Waals surface area contributed by atoms with E-state index in [9.17, 15) is 4.79 Å². The number of carbonyl (C=O) groups excluding carboxylic acids is 1. The fourth-order valence-electron chi connectivity index (χ4n) is 5.34. The van der Waals surface area contributed by atoms with Gasteiger partial charge in [-0.25, -0.2) is 0 Å². The van der Waals surface area contributed by atoms with Gasteiger partial charge in [-0.15, -0.1) is 0 Å². The van der Waals surface area contributed by atoms with E-state index in [0.29, 0.717) is 29.1 Å². The predicted octanol–water partition coefficient (Wildman–Crippen LogP) is 5.20. The van der Waals surface area contributed by atoms with Crippen LogP contribution in [-0.2, 0) is 22.6 Å². The first-order valence-corrected chi connectivity index (χ1v) is 12.7. The Labute approximate surface area is 206 Å². The minimum atomic E-state index is -0.407. The van der Waals surface area contributed by atoms with Crippen molar-refractivity contribution < 1.29 is 9.53 Å². The Balaban J connectivity index is 1.34. The molecule has 1 aliphatic carbocycles. The molecule has 7 heteroatoms. The minimum Gasteiger partial charge on any atom is -0.376 e. The molecule has 5 rings (SSSR count). The molecule has 1 aromatic carbocycles. The zero-order valence-electron chi connectivity index (χ0n) is 18.9. The first-order valence-electron chi connectivity index (χ1n) is 12.0. The van der Waals surface area contributed by atoms with E-state index < -0.39 is 5.41 Å². The van der Waals surface area contributed by atoms with Crippen LogP contribution < -0.4 is 0 Å². The molecule has 2 aliphatic heterocycles. The summed E-state index contributed by atoms with van der Waals surface area (Å²) in [7, 11) is 0. The van der Waals surface area contributed by atoms with Crippen molar-refractivity contribution in [3.8, 4) is 0 Å². The molecule has 0 N–H and O–H groups in total. The highest BCUT2D eigenvalue weighted by atomic mass is 35.5. The SMILES string of the molecule is O=C1N(Cc2cccc(Cl)c2)C[C@@H](OCC2CC2)C[C@]12CCCN(Cc1ccc(Cl)cn1)C2. The number of likely N-dealkylation sites (tertiary alicyclic amines) is 2. The third-order valence-electron chi connectivity index (χ3n) is 7.14. The van der Waals surface area contributed by atoms with Crippen molar-refractivity contribution in [1.82, 2.24) is 14.8 Å². The number of benzene rings is 1. The van der Waals surface area contributed by atoms with Crippen molar-refractivity contribution >= 4 is 29.1 Å². The molecule has 3 aliphatic rings. The maximum Gasteiger partial charge on any atom is 0.230 e. The summed E-state index contributed by atoms with van der Waals surface area (Å²) >= 11 is 12.2. The average molecular weight is 488 g/mol. The first kappa shape index (κ1) is 23.1. The van der Waals surface area contributed by atoms with E-state index >= 15 is 0 Å². The van der Waals surface area contributed by atoms with Crippen molar-refractivity contribution in [2.45, 2.75) is 51.3 Å². The van der Waals surface area contributed by atoms with Gasteiger partial charge in [-0.05, 0) is 74.4 Å². The molecular formula is C26H31Cl2N3O2. The lowest BCUT2D eigenvalue weighted by Crippen LogP contribution is -2.59. The quantitative estimate of drug-likeness (QED) is 0.538. The minimum absolute atomic E-state index is 0.0797. The molecule has 1 aromatic heterocycles. The number of amides is 1. The summed E-state index contributed by atoms with van der Waals surface area (Å²) in [5, 5.41) is 1.34. The first-order chi connectivity index (χ1) is 16.0. The number of hydrogen-bond donors (Lipinski definition) is 0. The van der Waals surface area contributed by atoms with Crippen molar-refractivity contribution in [2.75, 3.05) is 26.2 Å². The molecule has 176 valence electrons. The Morgan fingerprint density at radius 2 is 2.00 bits per heavy atom. The number of pyridine rings is 1. The Bertz CT molecular complexity index is 982. The highest BCUT2D eigenvalue weighted by molar-refractivity contribution is 6.30. The van der Waals surface area contributed by atoms with Crippen LogP contribution in [0.3, 0.4) is 0 Å². The number of aromatic nitrogens is 1. The maximum atomic E-state index is 13.9. The van der Waals surface area contributed by atoms with Gasteiger partial charge in [0, 0.05) is 44.0 Å². The van der Waals surface area contributed by atoms with Gasteiger partial charge in [0.2, 0.25) is 5.91 Å². The molecule has 1 amide bonds. The lowest BCUT2D eigenvalue weighted by Gasteiger charge is -2.49. The van der Waals surface area contributed by atoms with Gasteiger partial charge in [0.05, 0.1) is 22.2 Å². The fourth-order valence-corrected chi connectivity index (χ4v) is 5.67. The van der Waals surface area contributed by atoms with E-state index in [1.54, 1.807) is 6.20 Å². The van der Waals surface area contributed by atoms with E-state index in [1.165, 1.54) is 12.8 Å². The van der Waals surface area contributed by atoms with Gasteiger partial charge in [-0.2, -0.15) is 0 Å². The molecule has 0 bridgehead atoms. The molecule has 3 fully saturated rings. The van der Waals surface area contributed by atoms with Crippen molar-refractivity contribution in [3.63, 3.8) is 0 Å². The standard InChI is InChI=1S/C26H31Cl2N3O2/c27-21-4-1-3-20(11-21)14-31-16-24(33-17-19-5-6-19)12-26(25(31)32)9-2-10-30(18-26)15-23-8-7-22(28)13-29-23/h1,3-4,7-8,11,13,19,24H,2,5-6,9-10,12,14-18H2/t24-,26-/m0/s1. The van der Waals surface area contributed by atoms with Crippen molar-refractivity contribution in [3.05, 3.63) is 63.9 Å². The molecular weight excluding hydrogens is 457 g/mol. The number of hydrogen-bond acceptors (Lipinski definition) is 4. The Morgan fingerprint density at radius 3 is 2.76 bits per heavy atom. The largest absolute Gasteiger partial charge is 0.376 e. The predicted molar refractivity (Wildman–Crippen MR) is 130 cm³/mol. The summed E-state index contributed by atoms with van der Waals surface area (Å²) in [6, 6.07) is 11.7. The van der Waals surface area contributed by atoms with Gasteiger partial charge in [0.1, 0.15) is 0 Å². The summed E-state index contributed by atoms with van der Waals surface area (Å²) in [4.78, 5) is 22.8. The van der Waals surface area contributed by atoms with Gasteiger partial charge in [-0.1, -0.05) is 35.3 Å². The number of rotatable bonds is 7. The highest BCUT2D eigenvalue weighted by Crippen LogP contribution is 2.42. The van der Waals surface area contributed by atoms with Crippen LogP contribution >= 0.6 is 23.2 Å². The third-order valence-corrected chi connectivity index (χ3v) is 7.60. The lowest BCUT2D eigenvalue weighted by atomic mass is 9.72. The van der Waals surface area contributed by atoms with Crippen LogP contribution in [0.25, 0.3) is 0 Å². The average Bonchev–Trinajstić information content (AvgIpc) is 3.62. The van der Waals surface area contributed by atoms with Crippen LogP contribution in [0.5, 0.6) is 0 Å². The molecule has 3 heterocycles. The van der Waals surface area contributed by atoms with Gasteiger partial charge in [-0.3, -0.25) is 14.7 Å². The maximum absolute atomic E-state index is 13.9. The van der Waals surface area contributed by atoms with Crippen LogP contribution in [0.15, 0.2) is 42.6 Å². The number of halogens is 2. The number of ether oxygens (including phenoxy) is 1. The number of piperidine rings is 2. The molecule has 0 radical (unpaired) electrons. The van der Waals surface area contributed by atoms with E-state index in [2.05, 4.69) is 9.88 Å². The molecule has 0 unspecified atom stereocenters. The van der Waals surface area contributed by atoms with E-state index in [0.717, 1.165) is 56.8 Å². The normalized spacial score (nSPS) is 26.2. The van der Waals surface area contributed by atoms with E-state index in [4.69, 9.17) is 27.9 Å². The van der Waals surface area contributed by atoms with Crippen LogP contribution in [0, 0.1) is 11.3 Å². The smallest absolute Gasteiger partial charge is 0.230 e. The molecule has 33 heavy (non-hydrogen) atoms. The van der Waals surface area contributed by atoms with Crippen LogP contribution in [0.4, 0.5) is 0 Å². The zero-order chi connectivity index (χ0) is 22.8. The molecule has 5 nitrogen and oxygen atoms in total. The van der Waals surface area contributed by atoms with Crippen molar-refractivity contribution in [1.29, 1.82) is 0 Å². The van der Waals surface area contributed by atoms with Crippen LogP contribution in [0.2, 0.25) is 10.0 Å². The van der Waals surface area contributed by atoms with Gasteiger partial charge >= 0.3 is 0 Å². The number of carbonyl (C=O) groups is 1. The summed E-state index contributed by atoms with van der Waals surface area (Å²) in [5.41, 5.74) is 1.64. The van der Waals surface area contributed by atoms with E-state index in [-0.39, 0.29) is 12.0 Å². The molecule has 2 aromatic rings. The summed E-state index contributed by atoms with van der Waals surface area (Å²) in [5.74, 6) is 0.960. The number of nitrogens with zero attached hydrogens (tertiary/aromatic N) is 3. The van der Waals surface area contributed by atoms with Gasteiger partial charge in [0.15, 0.2) is 0 Å². The lowest BCUT2D eigenvalue weighted by molar-refractivity contribution is -0.161. The highest BCUT2D eigenvalue weighted by Gasteiger charge is 2.49. The monoisotopic (exact) mass is 487 g/mol. The summed E-state index contributed by atoms with van der Waals surface area (Å²) in [6.07, 6.45) is 7.02. The molecule has 2 atom stereocenters. The van der Waals surface area contributed by atoms with E-state index in [1.807, 2.05) is 41.3 Å². The summed E-state index contributed by atoms with van der Waals surface area (Å²) < 4.78 is 6.38.